The van der Waals surface area contributed by atoms with Crippen molar-refractivity contribution >= 4 is 39.1 Å². The average molecular weight is 606 g/mol. The Bertz CT molecular complexity index is 1280. The molecule has 39 heavy (non-hydrogen) atoms. The van der Waals surface area contributed by atoms with E-state index in [0.717, 1.165) is 11.1 Å². The SMILES string of the molecule is O=C(c1cc(Br)cc([N+](=O)[O-])c1N[C@@H]1CCCN(C(=O)C2CNCc3ccccc32)C1)N1CCC(F)(F)CC1. The molecule has 2 fully saturated rings. The van der Waals surface area contributed by atoms with Gasteiger partial charge in [0.2, 0.25) is 5.91 Å². The normalized spacial score (nSPS) is 22.6. The predicted octanol–water partition coefficient (Wildman–Crippen LogP) is 4.52. The maximum Gasteiger partial charge on any atom is 0.294 e. The van der Waals surface area contributed by atoms with Crippen LogP contribution in [0, 0.1) is 10.1 Å². The van der Waals surface area contributed by atoms with Crippen molar-refractivity contribution in [3.8, 4) is 0 Å². The molecule has 3 aliphatic rings. The number of likely N-dealkylation sites (tertiary alicyclic amines) is 2. The molecule has 2 atom stereocenters. The minimum atomic E-state index is -2.83. The molecule has 3 heterocycles. The summed E-state index contributed by atoms with van der Waals surface area (Å²) in [6.45, 7) is 1.89. The van der Waals surface area contributed by atoms with Crippen LogP contribution in [0.15, 0.2) is 40.9 Å². The molecule has 0 spiro atoms. The molecule has 3 aliphatic heterocycles. The molecular weight excluding hydrogens is 576 g/mol. The smallest absolute Gasteiger partial charge is 0.294 e. The van der Waals surface area contributed by atoms with Gasteiger partial charge < -0.3 is 20.4 Å². The summed E-state index contributed by atoms with van der Waals surface area (Å²) in [4.78, 5) is 41.5. The molecular formula is C27H30BrF2N5O4. The Morgan fingerprint density at radius 3 is 2.62 bits per heavy atom. The third-order valence-electron chi connectivity index (χ3n) is 7.77. The second-order valence-corrected chi connectivity index (χ2v) is 11.3. The highest BCUT2D eigenvalue weighted by Crippen LogP contribution is 2.36. The molecule has 1 unspecified atom stereocenters. The lowest BCUT2D eigenvalue weighted by Crippen LogP contribution is -2.49. The fourth-order valence-corrected chi connectivity index (χ4v) is 6.15. The topological polar surface area (TPSA) is 108 Å². The van der Waals surface area contributed by atoms with Gasteiger partial charge >= 0.3 is 0 Å². The average Bonchev–Trinajstić information content (AvgIpc) is 2.92. The molecule has 2 saturated heterocycles. The van der Waals surface area contributed by atoms with Gasteiger partial charge in [-0.1, -0.05) is 40.2 Å². The summed E-state index contributed by atoms with van der Waals surface area (Å²) in [6.07, 6.45) is 0.451. The van der Waals surface area contributed by atoms with Crippen molar-refractivity contribution in [3.63, 3.8) is 0 Å². The van der Waals surface area contributed by atoms with Gasteiger partial charge in [0.15, 0.2) is 0 Å². The van der Waals surface area contributed by atoms with Gasteiger partial charge in [0.25, 0.3) is 17.5 Å². The summed E-state index contributed by atoms with van der Waals surface area (Å²) in [7, 11) is 0. The van der Waals surface area contributed by atoms with E-state index in [2.05, 4.69) is 26.6 Å². The number of hydrogen-bond donors (Lipinski definition) is 2. The molecule has 2 aromatic carbocycles. The third-order valence-corrected chi connectivity index (χ3v) is 8.22. The molecule has 0 aromatic heterocycles. The number of piperidine rings is 2. The van der Waals surface area contributed by atoms with Crippen LogP contribution in [-0.2, 0) is 11.3 Å². The number of anilines is 1. The number of rotatable bonds is 5. The van der Waals surface area contributed by atoms with Crippen LogP contribution in [0.2, 0.25) is 0 Å². The number of alkyl halides is 2. The molecule has 5 rings (SSSR count). The van der Waals surface area contributed by atoms with Crippen LogP contribution in [0.5, 0.6) is 0 Å². The van der Waals surface area contributed by atoms with Gasteiger partial charge in [-0.3, -0.25) is 19.7 Å². The minimum absolute atomic E-state index is 0.00278. The van der Waals surface area contributed by atoms with Gasteiger partial charge in [-0.15, -0.1) is 0 Å². The Kier molecular flexibility index (Phi) is 7.86. The monoisotopic (exact) mass is 605 g/mol. The van der Waals surface area contributed by atoms with Crippen molar-refractivity contribution in [2.45, 2.75) is 50.1 Å². The Labute approximate surface area is 233 Å². The van der Waals surface area contributed by atoms with E-state index in [-0.39, 0.29) is 47.9 Å². The number of carbonyl (C=O) groups is 2. The summed E-state index contributed by atoms with van der Waals surface area (Å²) >= 11 is 3.26. The molecule has 0 saturated carbocycles. The van der Waals surface area contributed by atoms with E-state index < -0.39 is 29.6 Å². The number of nitrogens with one attached hydrogen (secondary N) is 2. The fourth-order valence-electron chi connectivity index (χ4n) is 5.70. The Morgan fingerprint density at radius 2 is 1.87 bits per heavy atom. The first-order valence-electron chi connectivity index (χ1n) is 13.1. The second kappa shape index (κ2) is 11.2. The van der Waals surface area contributed by atoms with E-state index in [9.17, 15) is 28.5 Å². The Morgan fingerprint density at radius 1 is 1.13 bits per heavy atom. The van der Waals surface area contributed by atoms with Crippen LogP contribution < -0.4 is 10.6 Å². The number of nitro groups is 1. The lowest BCUT2D eigenvalue weighted by atomic mass is 9.89. The molecule has 0 bridgehead atoms. The Hall–Kier alpha value is -3.12. The molecule has 2 amide bonds. The maximum absolute atomic E-state index is 13.7. The predicted molar refractivity (Wildman–Crippen MR) is 145 cm³/mol. The van der Waals surface area contributed by atoms with Crippen molar-refractivity contribution < 1.29 is 23.3 Å². The van der Waals surface area contributed by atoms with Crippen LogP contribution in [-0.4, -0.2) is 71.2 Å². The molecule has 208 valence electrons. The number of hydrogen-bond acceptors (Lipinski definition) is 6. The van der Waals surface area contributed by atoms with Gasteiger partial charge in [0, 0.05) is 68.7 Å². The number of nitro benzene ring substituents is 1. The molecule has 2 aromatic rings. The number of nitrogens with zero attached hydrogens (tertiary/aromatic N) is 3. The van der Waals surface area contributed by atoms with Crippen molar-refractivity contribution in [2.75, 3.05) is 38.0 Å². The largest absolute Gasteiger partial charge is 0.374 e. The van der Waals surface area contributed by atoms with Crippen LogP contribution in [0.1, 0.15) is 53.1 Å². The van der Waals surface area contributed by atoms with Crippen LogP contribution in [0.25, 0.3) is 0 Å². The molecule has 12 heteroatoms. The van der Waals surface area contributed by atoms with E-state index in [0.29, 0.717) is 43.5 Å². The van der Waals surface area contributed by atoms with Crippen molar-refractivity contribution in [3.05, 3.63) is 67.7 Å². The fraction of sp³-hybridized carbons (Fsp3) is 0.481. The lowest BCUT2D eigenvalue weighted by Gasteiger charge is -2.37. The van der Waals surface area contributed by atoms with Crippen LogP contribution in [0.3, 0.4) is 0 Å². The molecule has 0 aliphatic carbocycles. The minimum Gasteiger partial charge on any atom is -0.374 e. The first-order chi connectivity index (χ1) is 18.6. The summed E-state index contributed by atoms with van der Waals surface area (Å²) in [5.74, 6) is -3.68. The number of amides is 2. The summed E-state index contributed by atoms with van der Waals surface area (Å²) in [6, 6.07) is 10.4. The first-order valence-corrected chi connectivity index (χ1v) is 13.9. The van der Waals surface area contributed by atoms with Crippen molar-refractivity contribution in [2.24, 2.45) is 0 Å². The van der Waals surface area contributed by atoms with Crippen LogP contribution >= 0.6 is 15.9 Å². The van der Waals surface area contributed by atoms with E-state index in [1.165, 1.54) is 17.0 Å². The first kappa shape index (κ1) is 27.4. The van der Waals surface area contributed by atoms with E-state index >= 15 is 0 Å². The lowest BCUT2D eigenvalue weighted by molar-refractivity contribution is -0.384. The zero-order valence-electron chi connectivity index (χ0n) is 21.3. The maximum atomic E-state index is 13.7. The van der Waals surface area contributed by atoms with Gasteiger partial charge in [-0.2, -0.15) is 0 Å². The zero-order chi connectivity index (χ0) is 27.7. The van der Waals surface area contributed by atoms with E-state index in [1.807, 2.05) is 24.3 Å². The number of carbonyl (C=O) groups excluding carboxylic acids is 2. The molecule has 2 N–H and O–H groups in total. The highest BCUT2D eigenvalue weighted by molar-refractivity contribution is 9.10. The van der Waals surface area contributed by atoms with E-state index in [4.69, 9.17) is 0 Å². The van der Waals surface area contributed by atoms with Crippen molar-refractivity contribution in [1.82, 2.24) is 15.1 Å². The van der Waals surface area contributed by atoms with Gasteiger partial charge in [0.05, 0.1) is 16.4 Å². The number of fused-ring (bicyclic) bond motifs is 1. The van der Waals surface area contributed by atoms with Gasteiger partial charge in [0.1, 0.15) is 5.69 Å². The highest BCUT2D eigenvalue weighted by Gasteiger charge is 2.38. The van der Waals surface area contributed by atoms with Gasteiger partial charge in [-0.05, 0) is 30.0 Å². The second-order valence-electron chi connectivity index (χ2n) is 10.4. The summed E-state index contributed by atoms with van der Waals surface area (Å²) < 4.78 is 27.7. The summed E-state index contributed by atoms with van der Waals surface area (Å²) in [5, 5.41) is 18.5. The van der Waals surface area contributed by atoms with Crippen molar-refractivity contribution in [1.29, 1.82) is 0 Å². The highest BCUT2D eigenvalue weighted by atomic mass is 79.9. The molecule has 0 radical (unpaired) electrons. The standard InChI is InChI=1S/C27H30BrF2N5O4/c28-18-12-21(25(36)33-10-7-27(29,30)8-11-33)24(23(13-18)35(38)39)32-19-5-3-9-34(16-19)26(37)22-15-31-14-17-4-1-2-6-20(17)22/h1-2,4,6,12-13,19,22,31-32H,3,5,7-11,14-16H2/t19-,22?/m1/s1. The van der Waals surface area contributed by atoms with E-state index in [1.54, 1.807) is 4.90 Å². The molecule has 9 nitrogen and oxygen atoms in total. The van der Waals surface area contributed by atoms with Crippen LogP contribution in [0.4, 0.5) is 20.2 Å². The van der Waals surface area contributed by atoms with Gasteiger partial charge in [-0.25, -0.2) is 8.78 Å². The quantitative estimate of drug-likeness (QED) is 0.383. The number of halogens is 3. The Balaban J connectivity index is 1.37. The number of benzene rings is 2. The summed E-state index contributed by atoms with van der Waals surface area (Å²) in [5.41, 5.74) is 1.92. The third kappa shape index (κ3) is 5.91. The zero-order valence-corrected chi connectivity index (χ0v) is 22.9.